The van der Waals surface area contributed by atoms with Crippen LogP contribution in [0.15, 0.2) is 22.7 Å². The van der Waals surface area contributed by atoms with E-state index in [4.69, 9.17) is 17.0 Å². The Kier molecular flexibility index (Phi) is 2.88. The summed E-state index contributed by atoms with van der Waals surface area (Å²) in [6, 6.07) is 5.69. The van der Waals surface area contributed by atoms with Crippen molar-refractivity contribution in [2.45, 2.75) is 0 Å². The number of nitrogens with one attached hydrogen (secondary N) is 2. The van der Waals surface area contributed by atoms with Crippen LogP contribution in [0.1, 0.15) is 0 Å². The number of benzene rings is 1. The molecule has 1 heterocycles. The standard InChI is InChI=1S/C9H8BrN3OS/c1-14-7-3-2-5(4-6(7)10)8-11-9(15)13-12-8/h2-4H,1H3,(H2,11,12,13,15). The number of nitrogens with zero attached hydrogens (tertiary/aromatic N) is 1. The van der Waals surface area contributed by atoms with Crippen LogP contribution < -0.4 is 4.74 Å². The number of H-pyrrole nitrogens is 2. The highest BCUT2D eigenvalue weighted by molar-refractivity contribution is 9.10. The summed E-state index contributed by atoms with van der Waals surface area (Å²) in [6.07, 6.45) is 0. The number of hydrogen-bond donors (Lipinski definition) is 2. The van der Waals surface area contributed by atoms with Crippen molar-refractivity contribution in [2.75, 3.05) is 7.11 Å². The lowest BCUT2D eigenvalue weighted by Crippen LogP contribution is -1.86. The quantitative estimate of drug-likeness (QED) is 0.835. The molecular formula is C9H8BrN3OS. The second kappa shape index (κ2) is 4.16. The Morgan fingerprint density at radius 1 is 1.40 bits per heavy atom. The minimum atomic E-state index is 0.442. The van der Waals surface area contributed by atoms with Gasteiger partial charge in [0.15, 0.2) is 5.82 Å². The van der Waals surface area contributed by atoms with E-state index in [-0.39, 0.29) is 0 Å². The Balaban J connectivity index is 2.46. The molecule has 0 saturated heterocycles. The van der Waals surface area contributed by atoms with Crippen molar-refractivity contribution < 1.29 is 4.74 Å². The predicted molar refractivity (Wildman–Crippen MR) is 63.5 cm³/mol. The zero-order chi connectivity index (χ0) is 10.8. The fraction of sp³-hybridized carbons (Fsp3) is 0.111. The summed E-state index contributed by atoms with van der Waals surface area (Å²) in [7, 11) is 1.63. The average molecular weight is 286 g/mol. The van der Waals surface area contributed by atoms with Gasteiger partial charge in [-0.1, -0.05) is 0 Å². The highest BCUT2D eigenvalue weighted by atomic mass is 79.9. The summed E-state index contributed by atoms with van der Waals surface area (Å²) in [6.45, 7) is 0. The van der Waals surface area contributed by atoms with Gasteiger partial charge in [-0.15, -0.1) is 0 Å². The zero-order valence-corrected chi connectivity index (χ0v) is 10.3. The molecule has 0 bridgehead atoms. The van der Waals surface area contributed by atoms with Crippen LogP contribution in [-0.2, 0) is 0 Å². The van der Waals surface area contributed by atoms with E-state index in [9.17, 15) is 0 Å². The van der Waals surface area contributed by atoms with Gasteiger partial charge in [-0.3, -0.25) is 10.2 Å². The molecule has 1 aromatic carbocycles. The van der Waals surface area contributed by atoms with Crippen LogP contribution in [-0.4, -0.2) is 22.3 Å². The van der Waals surface area contributed by atoms with E-state index >= 15 is 0 Å². The van der Waals surface area contributed by atoms with Crippen LogP contribution in [0.3, 0.4) is 0 Å². The van der Waals surface area contributed by atoms with E-state index in [2.05, 4.69) is 31.1 Å². The third-order valence-corrected chi connectivity index (χ3v) is 2.74. The number of rotatable bonds is 2. The second-order valence-corrected chi connectivity index (χ2v) is 4.11. The SMILES string of the molecule is COc1ccc(-c2nc(=S)[nH][nH]2)cc1Br. The number of ether oxygens (including phenoxy) is 1. The van der Waals surface area contributed by atoms with E-state index in [1.54, 1.807) is 7.11 Å². The van der Waals surface area contributed by atoms with Gasteiger partial charge in [0.1, 0.15) is 5.75 Å². The van der Waals surface area contributed by atoms with Crippen LogP contribution in [0.25, 0.3) is 11.4 Å². The van der Waals surface area contributed by atoms with Gasteiger partial charge in [-0.05, 0) is 46.3 Å². The first-order valence-electron chi connectivity index (χ1n) is 4.19. The molecule has 0 aliphatic rings. The van der Waals surface area contributed by atoms with E-state index in [0.29, 0.717) is 10.6 Å². The molecular weight excluding hydrogens is 278 g/mol. The molecule has 2 N–H and O–H groups in total. The highest BCUT2D eigenvalue weighted by Gasteiger charge is 2.05. The van der Waals surface area contributed by atoms with Crippen molar-refractivity contribution in [1.29, 1.82) is 0 Å². The van der Waals surface area contributed by atoms with Crippen LogP contribution >= 0.6 is 28.1 Å². The molecule has 0 amide bonds. The summed E-state index contributed by atoms with van der Waals surface area (Å²) in [5.74, 6) is 1.50. The lowest BCUT2D eigenvalue weighted by atomic mass is 10.2. The average Bonchev–Trinajstić information content (AvgIpc) is 2.65. The van der Waals surface area contributed by atoms with Gasteiger partial charge < -0.3 is 4.74 Å². The van der Waals surface area contributed by atoms with Crippen molar-refractivity contribution >= 4 is 28.1 Å². The van der Waals surface area contributed by atoms with E-state index < -0.39 is 0 Å². The van der Waals surface area contributed by atoms with Gasteiger partial charge in [-0.2, -0.15) is 4.98 Å². The lowest BCUT2D eigenvalue weighted by molar-refractivity contribution is 0.412. The Hall–Kier alpha value is -1.14. The molecule has 0 aliphatic carbocycles. The number of aromatic amines is 2. The van der Waals surface area contributed by atoms with E-state index in [0.717, 1.165) is 15.8 Å². The van der Waals surface area contributed by atoms with Crippen molar-refractivity contribution in [2.24, 2.45) is 0 Å². The Bertz CT molecular complexity index is 534. The van der Waals surface area contributed by atoms with Crippen LogP contribution in [0, 0.1) is 4.77 Å². The highest BCUT2D eigenvalue weighted by Crippen LogP contribution is 2.28. The van der Waals surface area contributed by atoms with Gasteiger partial charge in [-0.25, -0.2) is 0 Å². The van der Waals surface area contributed by atoms with Crippen LogP contribution in [0.2, 0.25) is 0 Å². The molecule has 2 aromatic rings. The molecule has 0 spiro atoms. The molecule has 2 rings (SSSR count). The lowest BCUT2D eigenvalue weighted by Gasteiger charge is -2.03. The van der Waals surface area contributed by atoms with Crippen molar-refractivity contribution in [1.82, 2.24) is 15.2 Å². The fourth-order valence-corrected chi connectivity index (χ4v) is 1.90. The minimum absolute atomic E-state index is 0.442. The minimum Gasteiger partial charge on any atom is -0.496 e. The maximum Gasteiger partial charge on any atom is 0.213 e. The molecule has 6 heteroatoms. The number of halogens is 1. The normalized spacial score (nSPS) is 10.3. The zero-order valence-electron chi connectivity index (χ0n) is 7.87. The predicted octanol–water partition coefficient (Wildman–Crippen LogP) is 2.91. The number of aromatic nitrogens is 3. The summed E-state index contributed by atoms with van der Waals surface area (Å²) in [5, 5.41) is 5.63. The van der Waals surface area contributed by atoms with Crippen LogP contribution in [0.4, 0.5) is 0 Å². The Morgan fingerprint density at radius 3 is 2.73 bits per heavy atom. The smallest absolute Gasteiger partial charge is 0.213 e. The van der Waals surface area contributed by atoms with Crippen molar-refractivity contribution in [3.05, 3.63) is 27.4 Å². The third-order valence-electron chi connectivity index (χ3n) is 1.93. The first-order valence-corrected chi connectivity index (χ1v) is 5.39. The Labute approximate surface area is 99.8 Å². The van der Waals surface area contributed by atoms with Gasteiger partial charge in [0.2, 0.25) is 4.77 Å². The topological polar surface area (TPSA) is 53.7 Å². The Morgan fingerprint density at radius 2 is 2.20 bits per heavy atom. The number of methoxy groups -OCH3 is 1. The molecule has 0 fully saturated rings. The first-order chi connectivity index (χ1) is 7.20. The van der Waals surface area contributed by atoms with Crippen molar-refractivity contribution in [3.8, 4) is 17.1 Å². The largest absolute Gasteiger partial charge is 0.496 e. The summed E-state index contributed by atoms with van der Waals surface area (Å²) < 4.78 is 6.46. The molecule has 0 aliphatic heterocycles. The summed E-state index contributed by atoms with van der Waals surface area (Å²) in [5.41, 5.74) is 0.940. The molecule has 78 valence electrons. The van der Waals surface area contributed by atoms with E-state index in [1.807, 2.05) is 18.2 Å². The van der Waals surface area contributed by atoms with Gasteiger partial charge in [0.05, 0.1) is 11.6 Å². The van der Waals surface area contributed by atoms with Gasteiger partial charge in [0.25, 0.3) is 0 Å². The van der Waals surface area contributed by atoms with E-state index in [1.165, 1.54) is 0 Å². The molecule has 0 unspecified atom stereocenters. The monoisotopic (exact) mass is 285 g/mol. The number of hydrogen-bond acceptors (Lipinski definition) is 3. The molecule has 0 atom stereocenters. The first kappa shape index (κ1) is 10.4. The molecule has 1 aromatic heterocycles. The summed E-state index contributed by atoms with van der Waals surface area (Å²) in [4.78, 5) is 4.12. The van der Waals surface area contributed by atoms with Gasteiger partial charge >= 0.3 is 0 Å². The van der Waals surface area contributed by atoms with Gasteiger partial charge in [0, 0.05) is 5.56 Å². The molecule has 15 heavy (non-hydrogen) atoms. The third kappa shape index (κ3) is 2.10. The fourth-order valence-electron chi connectivity index (χ4n) is 1.22. The maximum atomic E-state index is 5.14. The summed E-state index contributed by atoms with van der Waals surface area (Å²) >= 11 is 8.29. The maximum absolute atomic E-state index is 5.14. The molecule has 0 radical (unpaired) electrons. The van der Waals surface area contributed by atoms with Crippen molar-refractivity contribution in [3.63, 3.8) is 0 Å². The second-order valence-electron chi connectivity index (χ2n) is 2.86. The molecule has 4 nitrogen and oxygen atoms in total. The molecule has 0 saturated carbocycles. The van der Waals surface area contributed by atoms with Crippen LogP contribution in [0.5, 0.6) is 5.75 Å².